The molecule has 3 aromatic heterocycles. The molecule has 0 amide bonds. The third-order valence-corrected chi connectivity index (χ3v) is 7.23. The number of aromatic nitrogens is 5. The van der Waals surface area contributed by atoms with Gasteiger partial charge in [-0.3, -0.25) is 14.3 Å². The Morgan fingerprint density at radius 3 is 2.76 bits per heavy atom. The molecule has 1 aromatic carbocycles. The summed E-state index contributed by atoms with van der Waals surface area (Å²) in [5.41, 5.74) is 6.84. The van der Waals surface area contributed by atoms with E-state index in [1.165, 1.54) is 11.1 Å². The summed E-state index contributed by atoms with van der Waals surface area (Å²) in [6.45, 7) is 10.3. The van der Waals surface area contributed by atoms with Gasteiger partial charge in [-0.05, 0) is 43.5 Å². The van der Waals surface area contributed by atoms with Gasteiger partial charge >= 0.3 is 0 Å². The Bertz CT molecular complexity index is 1320. The molecule has 2 atom stereocenters. The van der Waals surface area contributed by atoms with Crippen LogP contribution in [-0.2, 0) is 4.74 Å². The lowest BCUT2D eigenvalue weighted by Gasteiger charge is -2.33. The number of morpholine rings is 1. The van der Waals surface area contributed by atoms with E-state index in [0.717, 1.165) is 78.7 Å². The van der Waals surface area contributed by atoms with Crippen LogP contribution in [0.1, 0.15) is 42.4 Å². The van der Waals surface area contributed by atoms with Crippen molar-refractivity contribution in [1.82, 2.24) is 29.5 Å². The summed E-state index contributed by atoms with van der Waals surface area (Å²) in [6, 6.07) is 6.29. The molecule has 9 heteroatoms. The van der Waals surface area contributed by atoms with E-state index >= 15 is 0 Å². The summed E-state index contributed by atoms with van der Waals surface area (Å²) < 4.78 is 13.6. The number of fused-ring (bicyclic) bond motifs is 3. The lowest BCUT2D eigenvalue weighted by molar-refractivity contribution is 0.0321. The predicted molar refractivity (Wildman–Crippen MR) is 136 cm³/mol. The monoisotopic (exact) mass is 478 g/mol. The molecular weight excluding hydrogens is 447 g/mol. The van der Waals surface area contributed by atoms with Gasteiger partial charge in [-0.25, -0.2) is 4.98 Å². The molecule has 1 aliphatic heterocycles. The summed E-state index contributed by atoms with van der Waals surface area (Å²) >= 11 is 0. The van der Waals surface area contributed by atoms with E-state index in [1.54, 1.807) is 6.20 Å². The number of hydrogen-bond donors (Lipinski definition) is 0. The highest BCUT2D eigenvalue weighted by atomic mass is 31.0. The molecule has 4 heterocycles. The van der Waals surface area contributed by atoms with Gasteiger partial charge in [0.2, 0.25) is 0 Å². The van der Waals surface area contributed by atoms with Crippen LogP contribution in [0.5, 0.6) is 5.75 Å². The molecule has 34 heavy (non-hydrogen) atoms. The molecule has 1 saturated heterocycles. The van der Waals surface area contributed by atoms with Crippen molar-refractivity contribution in [2.75, 3.05) is 32.9 Å². The van der Waals surface area contributed by atoms with Crippen LogP contribution in [0.4, 0.5) is 0 Å². The number of nitrogens with zero attached hydrogens (tertiary/aromatic N) is 6. The maximum Gasteiger partial charge on any atom is 0.183 e. The maximum atomic E-state index is 5.90. The van der Waals surface area contributed by atoms with Crippen LogP contribution in [0.15, 0.2) is 30.6 Å². The minimum Gasteiger partial charge on any atom is -0.492 e. The second kappa shape index (κ2) is 9.90. The van der Waals surface area contributed by atoms with Crippen molar-refractivity contribution in [3.63, 3.8) is 0 Å². The van der Waals surface area contributed by atoms with E-state index < -0.39 is 0 Å². The van der Waals surface area contributed by atoms with Gasteiger partial charge in [-0.15, -0.1) is 19.4 Å². The van der Waals surface area contributed by atoms with Gasteiger partial charge < -0.3 is 9.47 Å². The van der Waals surface area contributed by atoms with E-state index in [0.29, 0.717) is 6.61 Å². The average molecular weight is 479 g/mol. The summed E-state index contributed by atoms with van der Waals surface area (Å²) in [4.78, 5) is 11.7. The predicted octanol–water partition coefficient (Wildman–Crippen LogP) is 4.34. The maximum absolute atomic E-state index is 5.90. The summed E-state index contributed by atoms with van der Waals surface area (Å²) in [5.74, 6) is 1.68. The topological polar surface area (TPSA) is 77.7 Å². The van der Waals surface area contributed by atoms with Crippen molar-refractivity contribution < 1.29 is 9.47 Å². The first kappa shape index (κ1) is 23.1. The zero-order chi connectivity index (χ0) is 23.7. The quantitative estimate of drug-likeness (QED) is 0.289. The molecule has 1 aliphatic rings. The first-order valence-electron chi connectivity index (χ1n) is 11.9. The molecule has 4 aromatic rings. The molecule has 5 rings (SSSR count). The molecule has 8 nitrogen and oxygen atoms in total. The van der Waals surface area contributed by atoms with Crippen molar-refractivity contribution in [2.24, 2.45) is 0 Å². The molecule has 0 aliphatic carbocycles. The number of benzene rings is 1. The highest BCUT2D eigenvalue weighted by molar-refractivity contribution is 7.17. The fraction of sp³-hybridized carbons (Fsp3) is 0.440. The second-order valence-electron chi connectivity index (χ2n) is 8.73. The molecule has 0 spiro atoms. The number of aryl methyl sites for hydroxylation is 2. The van der Waals surface area contributed by atoms with Crippen molar-refractivity contribution in [2.45, 2.75) is 39.4 Å². The molecule has 0 radical (unpaired) electrons. The highest BCUT2D eigenvalue weighted by Gasteiger charge is 2.23. The SMILES string of the molecule is CCCCOc1cncc(-c2nnc3c(C)nc4ccc(C(P)N5CCOCC5)c(C)c4n23)c1. The molecule has 178 valence electrons. The Morgan fingerprint density at radius 1 is 1.15 bits per heavy atom. The minimum absolute atomic E-state index is 0.196. The number of ether oxygens (including phenoxy) is 2. The Morgan fingerprint density at radius 2 is 1.97 bits per heavy atom. The van der Waals surface area contributed by atoms with Gasteiger partial charge in [0.25, 0.3) is 0 Å². The first-order chi connectivity index (χ1) is 16.6. The lowest BCUT2D eigenvalue weighted by atomic mass is 10.0. The fourth-order valence-corrected chi connectivity index (χ4v) is 5.21. The summed E-state index contributed by atoms with van der Waals surface area (Å²) in [6.07, 6.45) is 5.66. The number of unbranched alkanes of at least 4 members (excludes halogenated alkanes) is 1. The fourth-order valence-electron chi connectivity index (χ4n) is 4.55. The standard InChI is InChI=1S/C25H31N6O2P/c1-4-5-10-33-19-13-18(14-26-15-19)24-29-28-23-17(3)27-21-7-6-20(16(2)22(21)31(23)24)25(34)30-8-11-32-12-9-30/h6-7,13-15,25H,4-5,8-12,34H2,1-3H3. The number of hydrogen-bond acceptors (Lipinski definition) is 7. The van der Waals surface area contributed by atoms with Gasteiger partial charge in [0, 0.05) is 30.6 Å². The lowest BCUT2D eigenvalue weighted by Crippen LogP contribution is -2.37. The van der Waals surface area contributed by atoms with Gasteiger partial charge in [-0.2, -0.15) is 0 Å². The van der Waals surface area contributed by atoms with Crippen LogP contribution in [-0.4, -0.2) is 62.4 Å². The van der Waals surface area contributed by atoms with Crippen LogP contribution < -0.4 is 4.74 Å². The van der Waals surface area contributed by atoms with Gasteiger partial charge in [0.1, 0.15) is 5.75 Å². The Hall–Kier alpha value is -2.67. The van der Waals surface area contributed by atoms with Crippen molar-refractivity contribution in [3.05, 3.63) is 47.4 Å². The second-order valence-corrected chi connectivity index (χ2v) is 9.36. The van der Waals surface area contributed by atoms with Crippen LogP contribution in [0.3, 0.4) is 0 Å². The van der Waals surface area contributed by atoms with E-state index in [1.807, 2.05) is 19.2 Å². The number of rotatable bonds is 7. The Balaban J connectivity index is 1.65. The van der Waals surface area contributed by atoms with Gasteiger partial charge in [-0.1, -0.05) is 19.4 Å². The molecule has 0 bridgehead atoms. The molecule has 1 fully saturated rings. The van der Waals surface area contributed by atoms with Crippen LogP contribution in [0.25, 0.3) is 28.1 Å². The van der Waals surface area contributed by atoms with Crippen molar-refractivity contribution in [1.29, 1.82) is 0 Å². The third-order valence-electron chi connectivity index (χ3n) is 6.45. The van der Waals surface area contributed by atoms with Crippen LogP contribution in [0.2, 0.25) is 0 Å². The van der Waals surface area contributed by atoms with Crippen LogP contribution >= 0.6 is 9.24 Å². The van der Waals surface area contributed by atoms with Crippen molar-refractivity contribution >= 4 is 25.9 Å². The Kier molecular flexibility index (Phi) is 6.73. The highest BCUT2D eigenvalue weighted by Crippen LogP contribution is 2.35. The third kappa shape index (κ3) is 4.26. The van der Waals surface area contributed by atoms with Crippen LogP contribution in [0, 0.1) is 13.8 Å². The smallest absolute Gasteiger partial charge is 0.183 e. The van der Waals surface area contributed by atoms with Gasteiger partial charge in [0.15, 0.2) is 11.5 Å². The first-order valence-corrected chi connectivity index (χ1v) is 12.6. The molecule has 0 saturated carbocycles. The normalized spacial score (nSPS) is 15.8. The zero-order valence-corrected chi connectivity index (χ0v) is 21.1. The average Bonchev–Trinajstić information content (AvgIpc) is 3.31. The van der Waals surface area contributed by atoms with E-state index in [2.05, 4.69) is 59.7 Å². The summed E-state index contributed by atoms with van der Waals surface area (Å²) in [7, 11) is 3.01. The van der Waals surface area contributed by atoms with E-state index in [-0.39, 0.29) is 5.78 Å². The van der Waals surface area contributed by atoms with Gasteiger partial charge in [0.05, 0.1) is 42.7 Å². The van der Waals surface area contributed by atoms with E-state index in [9.17, 15) is 0 Å². The Labute approximate surface area is 201 Å². The van der Waals surface area contributed by atoms with E-state index in [4.69, 9.17) is 14.5 Å². The molecule has 0 N–H and O–H groups in total. The minimum atomic E-state index is 0.196. The zero-order valence-electron chi connectivity index (χ0n) is 20.0. The van der Waals surface area contributed by atoms with Crippen molar-refractivity contribution in [3.8, 4) is 17.1 Å². The molecular formula is C25H31N6O2P. The largest absolute Gasteiger partial charge is 0.492 e. The molecule has 2 unspecified atom stereocenters. The number of pyridine rings is 1. The summed E-state index contributed by atoms with van der Waals surface area (Å²) in [5, 5.41) is 9.07.